The van der Waals surface area contributed by atoms with Crippen molar-refractivity contribution in [3.8, 4) is 0 Å². The lowest BCUT2D eigenvalue weighted by atomic mass is 10.1. The van der Waals surface area contributed by atoms with Crippen molar-refractivity contribution in [1.82, 2.24) is 9.97 Å². The number of rotatable bonds is 4. The smallest absolute Gasteiger partial charge is 0.335 e. The lowest BCUT2D eigenvalue weighted by Crippen LogP contribution is -2.07. The van der Waals surface area contributed by atoms with Crippen molar-refractivity contribution < 1.29 is 18.3 Å². The second kappa shape index (κ2) is 5.77. The number of aromatic nitrogens is 2. The molecular weight excluding hydrogens is 316 g/mol. The number of carboxylic acids is 1. The van der Waals surface area contributed by atoms with Crippen LogP contribution in [0, 0.1) is 0 Å². The Morgan fingerprint density at radius 3 is 2.52 bits per heavy atom. The number of hydrogen-bond acceptors (Lipinski definition) is 5. The lowest BCUT2D eigenvalue weighted by molar-refractivity contribution is 0.0697. The fourth-order valence-corrected chi connectivity index (χ4v) is 3.72. The van der Waals surface area contributed by atoms with Gasteiger partial charge in [0.25, 0.3) is 0 Å². The summed E-state index contributed by atoms with van der Waals surface area (Å²) in [6.45, 7) is 0. The summed E-state index contributed by atoms with van der Waals surface area (Å²) >= 11 is 0. The quantitative estimate of drug-likeness (QED) is 0.789. The monoisotopic (exact) mass is 328 g/mol. The van der Waals surface area contributed by atoms with Crippen LogP contribution in [-0.2, 0) is 15.6 Å². The molecule has 7 heteroatoms. The summed E-state index contributed by atoms with van der Waals surface area (Å²) in [5.41, 5.74) is 0.993. The van der Waals surface area contributed by atoms with Crippen LogP contribution in [0.1, 0.15) is 15.9 Å². The molecule has 0 unspecified atom stereocenters. The van der Waals surface area contributed by atoms with E-state index in [1.165, 1.54) is 36.7 Å². The van der Waals surface area contributed by atoms with Gasteiger partial charge in [-0.15, -0.1) is 0 Å². The van der Waals surface area contributed by atoms with Gasteiger partial charge in [-0.3, -0.25) is 9.97 Å². The minimum absolute atomic E-state index is 0.0675. The van der Waals surface area contributed by atoms with Crippen LogP contribution in [0.3, 0.4) is 0 Å². The van der Waals surface area contributed by atoms with Crippen LogP contribution in [-0.4, -0.2) is 29.5 Å². The van der Waals surface area contributed by atoms with Gasteiger partial charge >= 0.3 is 5.97 Å². The molecule has 0 aliphatic carbocycles. The molecule has 1 aromatic carbocycles. The molecule has 0 aliphatic rings. The standard InChI is InChI=1S/C16H12N2O4S/c19-16(20)12-5-3-11(4-6-12)10-23(21,22)14-9-17-8-13-2-1-7-18-15(13)14/h1-9H,10H2,(H,19,20). The zero-order chi connectivity index (χ0) is 16.4. The molecule has 0 aliphatic heterocycles. The fourth-order valence-electron chi connectivity index (χ4n) is 2.24. The van der Waals surface area contributed by atoms with Crippen molar-refractivity contribution in [3.05, 3.63) is 66.1 Å². The maximum Gasteiger partial charge on any atom is 0.335 e. The summed E-state index contributed by atoms with van der Waals surface area (Å²) < 4.78 is 25.3. The normalized spacial score (nSPS) is 11.5. The molecule has 0 fully saturated rings. The van der Waals surface area contributed by atoms with Gasteiger partial charge in [-0.25, -0.2) is 13.2 Å². The van der Waals surface area contributed by atoms with Crippen LogP contribution in [0.2, 0.25) is 0 Å². The van der Waals surface area contributed by atoms with Gasteiger partial charge < -0.3 is 5.11 Å². The first-order valence-corrected chi connectivity index (χ1v) is 8.36. The minimum Gasteiger partial charge on any atom is -0.478 e. The highest BCUT2D eigenvalue weighted by Gasteiger charge is 2.20. The summed E-state index contributed by atoms with van der Waals surface area (Å²) in [7, 11) is -3.65. The highest BCUT2D eigenvalue weighted by molar-refractivity contribution is 7.90. The van der Waals surface area contributed by atoms with Gasteiger partial charge in [-0.05, 0) is 29.8 Å². The van der Waals surface area contributed by atoms with Crippen LogP contribution in [0.4, 0.5) is 0 Å². The third-order valence-electron chi connectivity index (χ3n) is 3.37. The Labute approximate surface area is 132 Å². The Hall–Kier alpha value is -2.80. The van der Waals surface area contributed by atoms with Gasteiger partial charge in [-0.2, -0.15) is 0 Å². The first-order chi connectivity index (χ1) is 11.0. The average Bonchev–Trinajstić information content (AvgIpc) is 2.54. The number of aromatic carboxylic acids is 1. The molecule has 0 atom stereocenters. The number of carbonyl (C=O) groups is 1. The first kappa shape index (κ1) is 15.1. The van der Waals surface area contributed by atoms with Crippen molar-refractivity contribution in [3.63, 3.8) is 0 Å². The van der Waals surface area contributed by atoms with Crippen molar-refractivity contribution in [2.75, 3.05) is 0 Å². The molecule has 0 radical (unpaired) electrons. The largest absolute Gasteiger partial charge is 0.478 e. The maximum atomic E-state index is 12.6. The summed E-state index contributed by atoms with van der Waals surface area (Å²) in [6, 6.07) is 9.21. The Morgan fingerprint density at radius 1 is 1.09 bits per heavy atom. The number of hydrogen-bond donors (Lipinski definition) is 1. The van der Waals surface area contributed by atoms with Gasteiger partial charge in [0, 0.05) is 24.0 Å². The molecule has 23 heavy (non-hydrogen) atoms. The van der Waals surface area contributed by atoms with E-state index in [-0.39, 0.29) is 16.2 Å². The molecule has 6 nitrogen and oxygen atoms in total. The van der Waals surface area contributed by atoms with Crippen LogP contribution in [0.5, 0.6) is 0 Å². The number of carboxylic acid groups (broad SMARTS) is 1. The number of nitrogens with zero attached hydrogens (tertiary/aromatic N) is 2. The second-order valence-electron chi connectivity index (χ2n) is 4.97. The fraction of sp³-hybridized carbons (Fsp3) is 0.0625. The minimum atomic E-state index is -3.65. The third-order valence-corrected chi connectivity index (χ3v) is 5.05. The number of fused-ring (bicyclic) bond motifs is 1. The number of pyridine rings is 2. The summed E-state index contributed by atoms with van der Waals surface area (Å²) in [6.07, 6.45) is 4.38. The first-order valence-electron chi connectivity index (χ1n) is 6.71. The van der Waals surface area contributed by atoms with Crippen molar-refractivity contribution in [2.45, 2.75) is 10.6 Å². The van der Waals surface area contributed by atoms with Gasteiger partial charge in [-0.1, -0.05) is 12.1 Å². The topological polar surface area (TPSA) is 97.2 Å². The Kier molecular flexibility index (Phi) is 3.79. The van der Waals surface area contributed by atoms with Crippen molar-refractivity contribution >= 4 is 26.7 Å². The van der Waals surface area contributed by atoms with Crippen LogP contribution in [0.25, 0.3) is 10.9 Å². The van der Waals surface area contributed by atoms with Crippen LogP contribution >= 0.6 is 0 Å². The van der Waals surface area contributed by atoms with Gasteiger partial charge in [0.1, 0.15) is 4.90 Å². The zero-order valence-electron chi connectivity index (χ0n) is 11.9. The summed E-state index contributed by atoms with van der Waals surface area (Å²) in [5, 5.41) is 9.52. The number of benzene rings is 1. The van der Waals surface area contributed by atoms with Gasteiger partial charge in [0.05, 0.1) is 16.8 Å². The SMILES string of the molecule is O=C(O)c1ccc(CS(=O)(=O)c2cncc3cccnc23)cc1. The Balaban J connectivity index is 1.99. The molecule has 1 N–H and O–H groups in total. The Bertz CT molecular complexity index is 977. The van der Waals surface area contributed by atoms with Crippen LogP contribution < -0.4 is 0 Å². The Morgan fingerprint density at radius 2 is 1.83 bits per heavy atom. The second-order valence-corrected chi connectivity index (χ2v) is 6.93. The maximum absolute atomic E-state index is 12.6. The third kappa shape index (κ3) is 3.04. The predicted molar refractivity (Wildman–Crippen MR) is 83.8 cm³/mol. The molecule has 116 valence electrons. The van der Waals surface area contributed by atoms with E-state index in [1.54, 1.807) is 18.3 Å². The molecule has 2 heterocycles. The molecule has 0 amide bonds. The molecule has 3 rings (SSSR count). The van der Waals surface area contributed by atoms with E-state index >= 15 is 0 Å². The highest BCUT2D eigenvalue weighted by atomic mass is 32.2. The van der Waals surface area contributed by atoms with E-state index in [0.717, 1.165) is 0 Å². The average molecular weight is 328 g/mol. The van der Waals surface area contributed by atoms with Crippen molar-refractivity contribution in [1.29, 1.82) is 0 Å². The lowest BCUT2D eigenvalue weighted by Gasteiger charge is -2.07. The molecule has 0 bridgehead atoms. The molecule has 0 saturated heterocycles. The van der Waals surface area contributed by atoms with Crippen LogP contribution in [0.15, 0.2) is 59.9 Å². The highest BCUT2D eigenvalue weighted by Crippen LogP contribution is 2.23. The van der Waals surface area contributed by atoms with E-state index in [4.69, 9.17) is 5.11 Å². The summed E-state index contributed by atoms with van der Waals surface area (Å²) in [5.74, 6) is -1.30. The van der Waals surface area contributed by atoms with Gasteiger partial charge in [0.15, 0.2) is 9.84 Å². The van der Waals surface area contributed by atoms with E-state index < -0.39 is 15.8 Å². The predicted octanol–water partition coefficient (Wildman–Crippen LogP) is 2.30. The summed E-state index contributed by atoms with van der Waals surface area (Å²) in [4.78, 5) is 19.0. The van der Waals surface area contributed by atoms with Crippen molar-refractivity contribution in [2.24, 2.45) is 0 Å². The molecular formula is C16H12N2O4S. The van der Waals surface area contributed by atoms with E-state index in [0.29, 0.717) is 16.5 Å². The molecule has 0 spiro atoms. The number of sulfone groups is 1. The zero-order valence-corrected chi connectivity index (χ0v) is 12.7. The molecule has 3 aromatic rings. The van der Waals surface area contributed by atoms with Gasteiger partial charge in [0.2, 0.25) is 0 Å². The molecule has 2 aromatic heterocycles. The van der Waals surface area contributed by atoms with E-state index in [9.17, 15) is 13.2 Å². The van der Waals surface area contributed by atoms with E-state index in [1.807, 2.05) is 0 Å². The molecule has 0 saturated carbocycles. The van der Waals surface area contributed by atoms with E-state index in [2.05, 4.69) is 9.97 Å².